The number of carbonyl (C=O) groups is 1. The van der Waals surface area contributed by atoms with Crippen LogP contribution in [0.2, 0.25) is 0 Å². The second kappa shape index (κ2) is 6.74. The fourth-order valence-corrected chi connectivity index (χ4v) is 1.92. The van der Waals surface area contributed by atoms with Crippen molar-refractivity contribution >= 4 is 5.97 Å². The Morgan fingerprint density at radius 2 is 1.83 bits per heavy atom. The van der Waals surface area contributed by atoms with Crippen molar-refractivity contribution in [3.63, 3.8) is 0 Å². The molecule has 0 saturated carbocycles. The lowest BCUT2D eigenvalue weighted by atomic mass is 10.2. The zero-order valence-electron chi connectivity index (χ0n) is 12.4. The van der Waals surface area contributed by atoms with E-state index in [1.165, 1.54) is 0 Å². The Bertz CT molecular complexity index is 799. The van der Waals surface area contributed by atoms with Gasteiger partial charge >= 0.3 is 5.97 Å². The van der Waals surface area contributed by atoms with E-state index in [2.05, 4.69) is 10.2 Å². The fourth-order valence-electron chi connectivity index (χ4n) is 1.92. The minimum Gasteiger partial charge on any atom is -0.457 e. The van der Waals surface area contributed by atoms with Crippen molar-refractivity contribution in [3.8, 4) is 11.5 Å². The number of benzene rings is 2. The number of carbonyl (C=O) groups excluding carboxylic acids is 1. The molecule has 1 heterocycles. The summed E-state index contributed by atoms with van der Waals surface area (Å²) in [4.78, 5) is 12.1. The highest BCUT2D eigenvalue weighted by Gasteiger charge is 2.11. The second-order valence-corrected chi connectivity index (χ2v) is 4.73. The predicted molar refractivity (Wildman–Crippen MR) is 81.1 cm³/mol. The van der Waals surface area contributed by atoms with Crippen LogP contribution in [0, 0.1) is 6.92 Å². The number of ether oxygens (including phenoxy) is 2. The van der Waals surface area contributed by atoms with Gasteiger partial charge in [-0.05, 0) is 30.3 Å². The maximum Gasteiger partial charge on any atom is 0.338 e. The fraction of sp³-hybridized carbons (Fsp3) is 0.118. The van der Waals surface area contributed by atoms with Gasteiger partial charge in [-0.25, -0.2) is 4.79 Å². The molecule has 3 aromatic rings. The summed E-state index contributed by atoms with van der Waals surface area (Å²) in [5.74, 6) is 1.44. The maximum atomic E-state index is 12.1. The summed E-state index contributed by atoms with van der Waals surface area (Å²) in [5, 5.41) is 7.44. The molecule has 0 N–H and O–H groups in total. The Hall–Kier alpha value is -3.15. The van der Waals surface area contributed by atoms with Gasteiger partial charge in [-0.1, -0.05) is 24.3 Å². The Labute approximate surface area is 132 Å². The van der Waals surface area contributed by atoms with Crippen molar-refractivity contribution in [2.45, 2.75) is 13.5 Å². The molecule has 0 atom stereocenters. The first-order chi connectivity index (χ1) is 11.2. The summed E-state index contributed by atoms with van der Waals surface area (Å²) in [6.45, 7) is 1.60. The normalized spacial score (nSPS) is 10.3. The van der Waals surface area contributed by atoms with Gasteiger partial charge in [0.1, 0.15) is 11.5 Å². The molecule has 116 valence electrons. The molecule has 6 heteroatoms. The van der Waals surface area contributed by atoms with Crippen molar-refractivity contribution in [3.05, 3.63) is 71.9 Å². The summed E-state index contributed by atoms with van der Waals surface area (Å²) >= 11 is 0. The lowest BCUT2D eigenvalue weighted by Crippen LogP contribution is -2.05. The van der Waals surface area contributed by atoms with E-state index in [0.717, 1.165) is 0 Å². The zero-order valence-corrected chi connectivity index (χ0v) is 12.4. The number of para-hydroxylation sites is 1. The number of rotatable bonds is 5. The average Bonchev–Trinajstić information content (AvgIpc) is 2.99. The van der Waals surface area contributed by atoms with E-state index in [9.17, 15) is 4.79 Å². The monoisotopic (exact) mass is 310 g/mol. The van der Waals surface area contributed by atoms with Crippen LogP contribution in [-0.4, -0.2) is 16.2 Å². The number of aryl methyl sites for hydroxylation is 1. The van der Waals surface area contributed by atoms with E-state index in [4.69, 9.17) is 13.9 Å². The molecule has 0 aliphatic heterocycles. The molecule has 0 unspecified atom stereocenters. The number of nitrogens with zero attached hydrogens (tertiary/aromatic N) is 2. The molecule has 0 spiro atoms. The van der Waals surface area contributed by atoms with E-state index in [-0.39, 0.29) is 12.5 Å². The van der Waals surface area contributed by atoms with Crippen molar-refractivity contribution in [2.75, 3.05) is 0 Å². The summed E-state index contributed by atoms with van der Waals surface area (Å²) < 4.78 is 16.0. The van der Waals surface area contributed by atoms with Gasteiger partial charge in [0.25, 0.3) is 5.89 Å². The molecule has 1 aromatic heterocycles. The molecule has 3 rings (SSSR count). The molecule has 0 radical (unpaired) electrons. The van der Waals surface area contributed by atoms with E-state index in [1.54, 1.807) is 31.2 Å². The third-order valence-electron chi connectivity index (χ3n) is 2.94. The van der Waals surface area contributed by atoms with Crippen molar-refractivity contribution in [1.82, 2.24) is 10.2 Å². The van der Waals surface area contributed by atoms with Crippen LogP contribution in [0.15, 0.2) is 59.0 Å². The standard InChI is InChI=1S/C17H14N2O4/c1-12-18-19-16(22-12)11-21-17(20)13-6-5-9-15(10-13)23-14-7-3-2-4-8-14/h2-10H,11H2,1H3. The topological polar surface area (TPSA) is 74.5 Å². The highest BCUT2D eigenvalue weighted by molar-refractivity contribution is 5.89. The van der Waals surface area contributed by atoms with E-state index < -0.39 is 5.97 Å². The molecule has 0 fully saturated rings. The van der Waals surface area contributed by atoms with Crippen LogP contribution >= 0.6 is 0 Å². The predicted octanol–water partition coefficient (Wildman–Crippen LogP) is 3.53. The van der Waals surface area contributed by atoms with Crippen LogP contribution in [0.3, 0.4) is 0 Å². The van der Waals surface area contributed by atoms with Gasteiger partial charge in [0, 0.05) is 6.92 Å². The Morgan fingerprint density at radius 3 is 2.57 bits per heavy atom. The number of hydrogen-bond donors (Lipinski definition) is 0. The molecular weight excluding hydrogens is 296 g/mol. The minimum atomic E-state index is -0.487. The molecule has 0 bridgehead atoms. The quantitative estimate of drug-likeness (QED) is 0.671. The van der Waals surface area contributed by atoms with E-state index in [0.29, 0.717) is 23.0 Å². The highest BCUT2D eigenvalue weighted by atomic mass is 16.5. The van der Waals surface area contributed by atoms with E-state index in [1.807, 2.05) is 30.3 Å². The van der Waals surface area contributed by atoms with Crippen LogP contribution in [0.25, 0.3) is 0 Å². The summed E-state index contributed by atoms with van der Waals surface area (Å²) in [6.07, 6.45) is 0. The summed E-state index contributed by atoms with van der Waals surface area (Å²) in [6, 6.07) is 16.1. The summed E-state index contributed by atoms with van der Waals surface area (Å²) in [7, 11) is 0. The maximum absolute atomic E-state index is 12.1. The molecule has 0 amide bonds. The molecule has 23 heavy (non-hydrogen) atoms. The molecule has 0 saturated heterocycles. The Balaban J connectivity index is 1.65. The summed E-state index contributed by atoms with van der Waals surface area (Å²) in [5.41, 5.74) is 0.384. The van der Waals surface area contributed by atoms with Crippen LogP contribution in [-0.2, 0) is 11.3 Å². The van der Waals surface area contributed by atoms with Crippen molar-refractivity contribution in [1.29, 1.82) is 0 Å². The third-order valence-corrected chi connectivity index (χ3v) is 2.94. The van der Waals surface area contributed by atoms with Crippen molar-refractivity contribution < 1.29 is 18.7 Å². The van der Waals surface area contributed by atoms with Gasteiger partial charge in [-0.15, -0.1) is 10.2 Å². The number of aromatic nitrogens is 2. The smallest absolute Gasteiger partial charge is 0.338 e. The molecule has 0 aliphatic carbocycles. The Kier molecular flexibility index (Phi) is 4.33. The molecule has 6 nitrogen and oxygen atoms in total. The zero-order chi connectivity index (χ0) is 16.1. The van der Waals surface area contributed by atoms with Crippen LogP contribution in [0.5, 0.6) is 11.5 Å². The lowest BCUT2D eigenvalue weighted by molar-refractivity contribution is 0.0436. The van der Waals surface area contributed by atoms with Gasteiger partial charge in [-0.3, -0.25) is 0 Å². The number of hydrogen-bond acceptors (Lipinski definition) is 6. The van der Waals surface area contributed by atoms with Gasteiger partial charge in [0.2, 0.25) is 5.89 Å². The van der Waals surface area contributed by atoms with Gasteiger partial charge in [0.15, 0.2) is 6.61 Å². The van der Waals surface area contributed by atoms with Crippen LogP contribution in [0.4, 0.5) is 0 Å². The molecular formula is C17H14N2O4. The van der Waals surface area contributed by atoms with Crippen LogP contribution < -0.4 is 4.74 Å². The largest absolute Gasteiger partial charge is 0.457 e. The first kappa shape index (κ1) is 14.8. The minimum absolute atomic E-state index is 0.0660. The molecule has 2 aromatic carbocycles. The second-order valence-electron chi connectivity index (χ2n) is 4.73. The number of esters is 1. The molecule has 0 aliphatic rings. The van der Waals surface area contributed by atoms with Gasteiger partial charge in [0.05, 0.1) is 5.56 Å². The highest BCUT2D eigenvalue weighted by Crippen LogP contribution is 2.22. The average molecular weight is 310 g/mol. The first-order valence-corrected chi connectivity index (χ1v) is 7.00. The third kappa shape index (κ3) is 3.94. The van der Waals surface area contributed by atoms with Crippen LogP contribution in [0.1, 0.15) is 22.1 Å². The SMILES string of the molecule is Cc1nnc(COC(=O)c2cccc(Oc3ccccc3)c2)o1. The Morgan fingerprint density at radius 1 is 1.04 bits per heavy atom. The van der Waals surface area contributed by atoms with Crippen molar-refractivity contribution in [2.24, 2.45) is 0 Å². The van der Waals surface area contributed by atoms with E-state index >= 15 is 0 Å². The first-order valence-electron chi connectivity index (χ1n) is 7.00. The lowest BCUT2D eigenvalue weighted by Gasteiger charge is -2.07. The van der Waals surface area contributed by atoms with Gasteiger partial charge < -0.3 is 13.9 Å². The van der Waals surface area contributed by atoms with Gasteiger partial charge in [-0.2, -0.15) is 0 Å².